The third-order valence-electron chi connectivity index (χ3n) is 2.46. The molecule has 0 atom stereocenters. The molecule has 1 aromatic rings. The van der Waals surface area contributed by atoms with E-state index in [-0.39, 0.29) is 0 Å². The van der Waals surface area contributed by atoms with Crippen LogP contribution in [0.4, 0.5) is 0 Å². The first kappa shape index (κ1) is 13.0. The highest BCUT2D eigenvalue weighted by Crippen LogP contribution is 2.20. The summed E-state index contributed by atoms with van der Waals surface area (Å²) in [6.07, 6.45) is 1.02. The fraction of sp³-hybridized carbons (Fsp3) is 0.571. The summed E-state index contributed by atoms with van der Waals surface area (Å²) in [5.74, 6) is 1.03. The molecular weight excluding hydrogens is 198 g/mol. The lowest BCUT2D eigenvalue weighted by Gasteiger charge is -2.12. The van der Waals surface area contributed by atoms with Gasteiger partial charge in [0.2, 0.25) is 0 Å². The molecular formula is C14H23NO. The van der Waals surface area contributed by atoms with E-state index in [0.717, 1.165) is 25.3 Å². The van der Waals surface area contributed by atoms with E-state index >= 15 is 0 Å². The van der Waals surface area contributed by atoms with Crippen LogP contribution in [0.15, 0.2) is 18.2 Å². The fourth-order valence-corrected chi connectivity index (χ4v) is 1.70. The fourth-order valence-electron chi connectivity index (χ4n) is 1.70. The molecule has 0 aliphatic carbocycles. The zero-order valence-electron chi connectivity index (χ0n) is 10.8. The number of aryl methyl sites for hydroxylation is 1. The van der Waals surface area contributed by atoms with E-state index in [4.69, 9.17) is 4.74 Å². The Bertz CT molecular complexity index is 321. The molecule has 0 saturated heterocycles. The van der Waals surface area contributed by atoms with Crippen LogP contribution in [0.25, 0.3) is 0 Å². The highest BCUT2D eigenvalue weighted by Gasteiger charge is 2.03. The molecule has 0 aliphatic heterocycles. The van der Waals surface area contributed by atoms with E-state index in [1.807, 2.05) is 6.92 Å². The number of ether oxygens (including phenoxy) is 1. The summed E-state index contributed by atoms with van der Waals surface area (Å²) in [6, 6.07) is 6.93. The van der Waals surface area contributed by atoms with Gasteiger partial charge in [-0.25, -0.2) is 0 Å². The molecule has 0 spiro atoms. The largest absolute Gasteiger partial charge is 0.494 e. The van der Waals surface area contributed by atoms with Crippen molar-refractivity contribution in [3.8, 4) is 5.75 Å². The molecule has 0 bridgehead atoms. The Hall–Kier alpha value is -1.02. The lowest BCUT2D eigenvalue weighted by Crippen LogP contribution is -2.25. The Morgan fingerprint density at radius 1 is 1.31 bits per heavy atom. The third kappa shape index (κ3) is 4.23. The lowest BCUT2D eigenvalue weighted by atomic mass is 10.1. The first-order chi connectivity index (χ1) is 7.63. The van der Waals surface area contributed by atoms with Crippen LogP contribution < -0.4 is 10.1 Å². The standard InChI is InChI=1S/C14H23NO/c1-5-16-14-7-6-12(4)10-13(14)8-9-15-11(2)3/h6-7,10-11,15H,5,8-9H2,1-4H3. The molecule has 0 unspecified atom stereocenters. The summed E-state index contributed by atoms with van der Waals surface area (Å²) in [4.78, 5) is 0. The zero-order valence-corrected chi connectivity index (χ0v) is 10.8. The number of hydrogen-bond donors (Lipinski definition) is 1. The minimum Gasteiger partial charge on any atom is -0.494 e. The third-order valence-corrected chi connectivity index (χ3v) is 2.46. The first-order valence-corrected chi connectivity index (χ1v) is 6.09. The molecule has 0 saturated carbocycles. The molecule has 2 heteroatoms. The van der Waals surface area contributed by atoms with Crippen molar-refractivity contribution in [2.45, 2.75) is 40.2 Å². The zero-order chi connectivity index (χ0) is 12.0. The highest BCUT2D eigenvalue weighted by atomic mass is 16.5. The van der Waals surface area contributed by atoms with Crippen LogP contribution in [0.5, 0.6) is 5.75 Å². The van der Waals surface area contributed by atoms with Crippen molar-refractivity contribution in [3.05, 3.63) is 29.3 Å². The van der Waals surface area contributed by atoms with Crippen LogP contribution >= 0.6 is 0 Å². The summed E-state index contributed by atoms with van der Waals surface area (Å²) in [6.45, 7) is 10.2. The van der Waals surface area contributed by atoms with E-state index in [9.17, 15) is 0 Å². The van der Waals surface area contributed by atoms with Crippen LogP contribution in [-0.2, 0) is 6.42 Å². The number of hydrogen-bond acceptors (Lipinski definition) is 2. The maximum Gasteiger partial charge on any atom is 0.122 e. The minimum atomic E-state index is 0.542. The van der Waals surface area contributed by atoms with Gasteiger partial charge >= 0.3 is 0 Å². The molecule has 0 fully saturated rings. The van der Waals surface area contributed by atoms with Crippen LogP contribution in [0.2, 0.25) is 0 Å². The second-order valence-electron chi connectivity index (χ2n) is 4.40. The van der Waals surface area contributed by atoms with E-state index in [1.165, 1.54) is 11.1 Å². The van der Waals surface area contributed by atoms with Gasteiger partial charge in [0.05, 0.1) is 6.61 Å². The van der Waals surface area contributed by atoms with Crippen molar-refractivity contribution < 1.29 is 4.74 Å². The van der Waals surface area contributed by atoms with Crippen LogP contribution in [0, 0.1) is 6.92 Å². The molecule has 0 heterocycles. The van der Waals surface area contributed by atoms with Crippen LogP contribution in [0.3, 0.4) is 0 Å². The molecule has 90 valence electrons. The number of benzene rings is 1. The Labute approximate surface area is 99.0 Å². The molecule has 1 aromatic carbocycles. The van der Waals surface area contributed by atoms with Crippen molar-refractivity contribution in [1.29, 1.82) is 0 Å². The second kappa shape index (κ2) is 6.54. The molecule has 16 heavy (non-hydrogen) atoms. The van der Waals surface area contributed by atoms with Gasteiger partial charge in [-0.15, -0.1) is 0 Å². The SMILES string of the molecule is CCOc1ccc(C)cc1CCNC(C)C. The molecule has 0 aliphatic rings. The van der Waals surface area contributed by atoms with Gasteiger partial charge in [0.1, 0.15) is 5.75 Å². The smallest absolute Gasteiger partial charge is 0.122 e. The van der Waals surface area contributed by atoms with Crippen LogP contribution in [0.1, 0.15) is 31.9 Å². The number of rotatable bonds is 6. The van der Waals surface area contributed by atoms with Gasteiger partial charge in [0.25, 0.3) is 0 Å². The Balaban J connectivity index is 2.64. The molecule has 0 radical (unpaired) electrons. The molecule has 0 aromatic heterocycles. The Kier molecular flexibility index (Phi) is 5.33. The Morgan fingerprint density at radius 3 is 2.69 bits per heavy atom. The summed E-state index contributed by atoms with van der Waals surface area (Å²) >= 11 is 0. The van der Waals surface area contributed by atoms with E-state index in [0.29, 0.717) is 6.04 Å². The average molecular weight is 221 g/mol. The van der Waals surface area contributed by atoms with Crippen molar-refractivity contribution in [2.24, 2.45) is 0 Å². The normalized spacial score (nSPS) is 10.8. The van der Waals surface area contributed by atoms with Gasteiger partial charge in [-0.1, -0.05) is 31.5 Å². The summed E-state index contributed by atoms with van der Waals surface area (Å²) in [7, 11) is 0. The Morgan fingerprint density at radius 2 is 2.06 bits per heavy atom. The second-order valence-corrected chi connectivity index (χ2v) is 4.40. The predicted octanol–water partition coefficient (Wildman–Crippen LogP) is 2.93. The van der Waals surface area contributed by atoms with Gasteiger partial charge in [-0.3, -0.25) is 0 Å². The lowest BCUT2D eigenvalue weighted by molar-refractivity contribution is 0.336. The topological polar surface area (TPSA) is 21.3 Å². The van der Waals surface area contributed by atoms with E-state index in [2.05, 4.69) is 44.3 Å². The van der Waals surface area contributed by atoms with Gasteiger partial charge in [0.15, 0.2) is 0 Å². The maximum absolute atomic E-state index is 5.62. The summed E-state index contributed by atoms with van der Waals surface area (Å²) < 4.78 is 5.62. The van der Waals surface area contributed by atoms with Gasteiger partial charge < -0.3 is 10.1 Å². The maximum atomic E-state index is 5.62. The van der Waals surface area contributed by atoms with Crippen molar-refractivity contribution in [3.63, 3.8) is 0 Å². The van der Waals surface area contributed by atoms with Gasteiger partial charge in [-0.2, -0.15) is 0 Å². The van der Waals surface area contributed by atoms with E-state index in [1.54, 1.807) is 0 Å². The van der Waals surface area contributed by atoms with Gasteiger partial charge in [-0.05, 0) is 38.4 Å². The summed E-state index contributed by atoms with van der Waals surface area (Å²) in [5, 5.41) is 3.43. The first-order valence-electron chi connectivity index (χ1n) is 6.09. The molecule has 2 nitrogen and oxygen atoms in total. The van der Waals surface area contributed by atoms with Gasteiger partial charge in [0, 0.05) is 6.04 Å². The average Bonchev–Trinajstić information content (AvgIpc) is 2.21. The summed E-state index contributed by atoms with van der Waals surface area (Å²) in [5.41, 5.74) is 2.60. The minimum absolute atomic E-state index is 0.542. The monoisotopic (exact) mass is 221 g/mol. The van der Waals surface area contributed by atoms with Crippen molar-refractivity contribution in [1.82, 2.24) is 5.32 Å². The van der Waals surface area contributed by atoms with Crippen molar-refractivity contribution in [2.75, 3.05) is 13.2 Å². The predicted molar refractivity (Wildman–Crippen MR) is 69.2 cm³/mol. The van der Waals surface area contributed by atoms with E-state index < -0.39 is 0 Å². The highest BCUT2D eigenvalue weighted by molar-refractivity contribution is 5.37. The molecule has 0 amide bonds. The molecule has 1 N–H and O–H groups in total. The quantitative estimate of drug-likeness (QED) is 0.797. The van der Waals surface area contributed by atoms with Crippen LogP contribution in [-0.4, -0.2) is 19.2 Å². The number of nitrogens with one attached hydrogen (secondary N) is 1. The van der Waals surface area contributed by atoms with Crippen molar-refractivity contribution >= 4 is 0 Å². The molecule has 1 rings (SSSR count).